The van der Waals surface area contributed by atoms with Gasteiger partial charge in [0.25, 0.3) is 0 Å². The Morgan fingerprint density at radius 1 is 1.08 bits per heavy atom. The Balaban J connectivity index is 1.45. The Morgan fingerprint density at radius 2 is 1.85 bits per heavy atom. The second-order valence-electron chi connectivity index (χ2n) is 5.51. The third-order valence-corrected chi connectivity index (χ3v) is 3.70. The lowest BCUT2D eigenvalue weighted by Crippen LogP contribution is -2.08. The highest BCUT2D eigenvalue weighted by Gasteiger charge is 2.13. The van der Waals surface area contributed by atoms with Crippen LogP contribution in [-0.2, 0) is 11.3 Å². The molecule has 0 unspecified atom stereocenters. The molecule has 26 heavy (non-hydrogen) atoms. The quantitative estimate of drug-likeness (QED) is 0.522. The Labute approximate surface area is 147 Å². The number of carbonyl (C=O) groups excluding carboxylic acids is 1. The zero-order chi connectivity index (χ0) is 17.9. The van der Waals surface area contributed by atoms with E-state index >= 15 is 0 Å². The first kappa shape index (κ1) is 15.9. The summed E-state index contributed by atoms with van der Waals surface area (Å²) >= 11 is 0. The van der Waals surface area contributed by atoms with Gasteiger partial charge < -0.3 is 9.26 Å². The van der Waals surface area contributed by atoms with Crippen LogP contribution >= 0.6 is 0 Å². The predicted octanol–water partition coefficient (Wildman–Crippen LogP) is 3.78. The van der Waals surface area contributed by atoms with Crippen molar-refractivity contribution in [3.05, 3.63) is 78.0 Å². The smallest absolute Gasteiger partial charge is 0.358 e. The number of halogens is 1. The molecule has 0 atom stereocenters. The molecule has 0 fully saturated rings. The van der Waals surface area contributed by atoms with Crippen molar-refractivity contribution in [3.63, 3.8) is 0 Å². The molecule has 0 aliphatic rings. The van der Waals surface area contributed by atoms with Gasteiger partial charge in [-0.1, -0.05) is 17.3 Å². The summed E-state index contributed by atoms with van der Waals surface area (Å²) in [5, 5.41) is 3.85. The van der Waals surface area contributed by atoms with Crippen molar-refractivity contribution in [1.29, 1.82) is 0 Å². The lowest BCUT2D eigenvalue weighted by molar-refractivity contribution is 0.0457. The lowest BCUT2D eigenvalue weighted by Gasteiger charge is -2.02. The number of hydrogen-bond acceptors (Lipinski definition) is 6. The highest BCUT2D eigenvalue weighted by atomic mass is 19.1. The molecule has 128 valence electrons. The fourth-order valence-corrected chi connectivity index (χ4v) is 2.40. The van der Waals surface area contributed by atoms with Crippen molar-refractivity contribution in [3.8, 4) is 11.3 Å². The topological polar surface area (TPSA) is 78.1 Å². The van der Waals surface area contributed by atoms with E-state index in [2.05, 4.69) is 15.1 Å². The number of esters is 1. The van der Waals surface area contributed by atoms with Gasteiger partial charge in [-0.2, -0.15) is 0 Å². The number of aromatic nitrogens is 3. The van der Waals surface area contributed by atoms with Crippen molar-refractivity contribution < 1.29 is 18.4 Å². The van der Waals surface area contributed by atoms with E-state index in [1.165, 1.54) is 18.3 Å². The fraction of sp³-hybridized carbons (Fsp3) is 0.0526. The minimum Gasteiger partial charge on any atom is -0.454 e. The molecular formula is C19H12FN3O3. The molecule has 0 amide bonds. The number of rotatable bonds is 4. The molecule has 0 N–H and O–H groups in total. The summed E-state index contributed by atoms with van der Waals surface area (Å²) in [6.45, 7) is -0.0714. The van der Waals surface area contributed by atoms with Crippen LogP contribution < -0.4 is 0 Å². The molecule has 0 bridgehead atoms. The van der Waals surface area contributed by atoms with Crippen LogP contribution in [0.2, 0.25) is 0 Å². The van der Waals surface area contributed by atoms with Crippen molar-refractivity contribution in [2.75, 3.05) is 0 Å². The maximum absolute atomic E-state index is 13.0. The highest BCUT2D eigenvalue weighted by Crippen LogP contribution is 2.21. The Bertz CT molecular complexity index is 1080. The van der Waals surface area contributed by atoms with Gasteiger partial charge in [0.1, 0.15) is 18.1 Å². The molecule has 6 nitrogen and oxygen atoms in total. The summed E-state index contributed by atoms with van der Waals surface area (Å²) in [5.41, 5.74) is 2.54. The normalized spacial score (nSPS) is 10.8. The van der Waals surface area contributed by atoms with Crippen molar-refractivity contribution in [2.24, 2.45) is 0 Å². The molecule has 4 aromatic rings. The molecule has 0 spiro atoms. The Kier molecular flexibility index (Phi) is 4.10. The SMILES string of the molecule is O=C(OCc1cc(-c2ccc(F)cc2)on1)c1cnc2ccccc2n1. The number of para-hydroxylation sites is 2. The second-order valence-corrected chi connectivity index (χ2v) is 5.51. The first-order valence-electron chi connectivity index (χ1n) is 7.79. The first-order chi connectivity index (χ1) is 12.7. The molecule has 2 heterocycles. The third-order valence-electron chi connectivity index (χ3n) is 3.70. The maximum Gasteiger partial charge on any atom is 0.358 e. The van der Waals surface area contributed by atoms with Crippen molar-refractivity contribution >= 4 is 17.0 Å². The molecule has 0 saturated heterocycles. The van der Waals surface area contributed by atoms with Crippen LogP contribution in [-0.4, -0.2) is 21.1 Å². The third kappa shape index (κ3) is 3.27. The molecule has 4 rings (SSSR count). The van der Waals surface area contributed by atoms with Gasteiger partial charge in [0.2, 0.25) is 0 Å². The lowest BCUT2D eigenvalue weighted by atomic mass is 10.1. The summed E-state index contributed by atoms with van der Waals surface area (Å²) in [7, 11) is 0. The average Bonchev–Trinajstić information content (AvgIpc) is 3.15. The van der Waals surface area contributed by atoms with Crippen LogP contribution in [0.15, 0.2) is 65.3 Å². The molecule has 0 aliphatic carbocycles. The van der Waals surface area contributed by atoms with Crippen LogP contribution in [0, 0.1) is 5.82 Å². The maximum atomic E-state index is 13.0. The minimum atomic E-state index is -0.602. The minimum absolute atomic E-state index is 0.0714. The molecule has 2 aromatic carbocycles. The zero-order valence-electron chi connectivity index (χ0n) is 13.4. The van der Waals surface area contributed by atoms with E-state index in [1.54, 1.807) is 24.3 Å². The Hall–Kier alpha value is -3.61. The largest absolute Gasteiger partial charge is 0.454 e. The van der Waals surface area contributed by atoms with E-state index in [4.69, 9.17) is 9.26 Å². The van der Waals surface area contributed by atoms with Gasteiger partial charge in [-0.25, -0.2) is 14.2 Å². The van der Waals surface area contributed by atoms with E-state index < -0.39 is 5.97 Å². The van der Waals surface area contributed by atoms with E-state index in [0.717, 1.165) is 0 Å². The van der Waals surface area contributed by atoms with Gasteiger partial charge in [-0.15, -0.1) is 0 Å². The van der Waals surface area contributed by atoms with Crippen LogP contribution in [0.5, 0.6) is 0 Å². The van der Waals surface area contributed by atoms with Crippen LogP contribution in [0.4, 0.5) is 4.39 Å². The number of ether oxygens (including phenoxy) is 1. The van der Waals surface area contributed by atoms with Crippen molar-refractivity contribution in [2.45, 2.75) is 6.61 Å². The second kappa shape index (κ2) is 6.72. The monoisotopic (exact) mass is 349 g/mol. The zero-order valence-corrected chi connectivity index (χ0v) is 13.4. The van der Waals surface area contributed by atoms with Gasteiger partial charge in [0.05, 0.1) is 17.2 Å². The number of carbonyl (C=O) groups is 1. The number of benzene rings is 2. The van der Waals surface area contributed by atoms with Gasteiger partial charge in [0.15, 0.2) is 11.5 Å². The molecule has 0 saturated carbocycles. The van der Waals surface area contributed by atoms with Crippen LogP contribution in [0.25, 0.3) is 22.4 Å². The van der Waals surface area contributed by atoms with Crippen LogP contribution in [0.3, 0.4) is 0 Å². The molecule has 7 heteroatoms. The average molecular weight is 349 g/mol. The Morgan fingerprint density at radius 3 is 2.65 bits per heavy atom. The molecular weight excluding hydrogens is 337 g/mol. The summed E-state index contributed by atoms with van der Waals surface area (Å²) < 4.78 is 23.4. The molecule has 0 radical (unpaired) electrons. The van der Waals surface area contributed by atoms with E-state index in [1.807, 2.05) is 18.2 Å². The number of nitrogens with zero attached hydrogens (tertiary/aromatic N) is 3. The van der Waals surface area contributed by atoms with Gasteiger partial charge in [-0.3, -0.25) is 4.98 Å². The summed E-state index contributed by atoms with van der Waals surface area (Å²) in [5.74, 6) is -0.477. The first-order valence-corrected chi connectivity index (χ1v) is 7.79. The number of fused-ring (bicyclic) bond motifs is 1. The summed E-state index contributed by atoms with van der Waals surface area (Å²) in [4.78, 5) is 20.6. The molecule has 2 aromatic heterocycles. The molecule has 0 aliphatic heterocycles. The van der Waals surface area contributed by atoms with Gasteiger partial charge in [-0.05, 0) is 36.4 Å². The van der Waals surface area contributed by atoms with Crippen molar-refractivity contribution in [1.82, 2.24) is 15.1 Å². The fourth-order valence-electron chi connectivity index (χ4n) is 2.40. The number of hydrogen-bond donors (Lipinski definition) is 0. The summed E-state index contributed by atoms with van der Waals surface area (Å²) in [6, 6.07) is 14.7. The van der Waals surface area contributed by atoms with E-state index in [-0.39, 0.29) is 18.1 Å². The van der Waals surface area contributed by atoms with Crippen LogP contribution in [0.1, 0.15) is 16.2 Å². The standard InChI is InChI=1S/C19H12FN3O3/c20-13-7-5-12(6-8-13)18-9-14(23-26-18)11-25-19(24)17-10-21-15-3-1-2-4-16(15)22-17/h1-10H,11H2. The van der Waals surface area contributed by atoms with E-state index in [0.29, 0.717) is 28.1 Å². The van der Waals surface area contributed by atoms with Gasteiger partial charge >= 0.3 is 5.97 Å². The predicted molar refractivity (Wildman–Crippen MR) is 90.6 cm³/mol. The highest BCUT2D eigenvalue weighted by molar-refractivity contribution is 5.89. The van der Waals surface area contributed by atoms with E-state index in [9.17, 15) is 9.18 Å². The van der Waals surface area contributed by atoms with Gasteiger partial charge in [0, 0.05) is 11.6 Å². The summed E-state index contributed by atoms with van der Waals surface area (Å²) in [6.07, 6.45) is 1.37.